The van der Waals surface area contributed by atoms with Gasteiger partial charge in [0.25, 0.3) is 0 Å². The maximum absolute atomic E-state index is 15.2. The molecule has 0 radical (unpaired) electrons. The first-order valence-corrected chi connectivity index (χ1v) is 16.7. The van der Waals surface area contributed by atoms with E-state index in [-0.39, 0.29) is 30.2 Å². The van der Waals surface area contributed by atoms with Crippen molar-refractivity contribution >= 4 is 23.8 Å². The molecule has 248 valence electrons. The van der Waals surface area contributed by atoms with Gasteiger partial charge in [-0.2, -0.15) is 0 Å². The van der Waals surface area contributed by atoms with Crippen LogP contribution < -0.4 is 16.0 Å². The van der Waals surface area contributed by atoms with Gasteiger partial charge in [-0.1, -0.05) is 71.2 Å². The van der Waals surface area contributed by atoms with Crippen molar-refractivity contribution in [3.63, 3.8) is 0 Å². The van der Waals surface area contributed by atoms with Crippen LogP contribution in [0, 0.1) is 17.3 Å². The molecule has 2 aliphatic heterocycles. The SMILES string of the molecule is C[C@H](C(=O)N[C@H](C(=O)N1C[C@H]2CCCN2C[C@H]1C(=O)N[C@H]1c2ccccc2C[C@@H]1F)C1CCCCC1)C(NC(=O)O)C(C)(C)C. The number of carbonyl (C=O) groups excluding carboxylic acids is 3. The standard InChI is InChI=1S/C34H50FN5O5/c1-20(29(34(2,3)4)38-33(44)45)30(41)36-27(21-11-6-5-7-12-21)32(43)40-18-23-14-10-16-39(23)19-26(40)31(42)37-28-24-15-9-8-13-22(24)17-25(28)35/h8-9,13,15,20-21,23,25-29,38H,5-7,10-12,14,16-19H2,1-4H3,(H,36,41)(H,37,42)(H,44,45)/t20-,23+,25-,26-,27-,28-,29?/m0/s1. The lowest BCUT2D eigenvalue weighted by molar-refractivity contribution is -0.150. The van der Waals surface area contributed by atoms with Gasteiger partial charge in [-0.3, -0.25) is 19.3 Å². The molecule has 1 unspecified atom stereocenters. The van der Waals surface area contributed by atoms with E-state index in [2.05, 4.69) is 20.9 Å². The summed E-state index contributed by atoms with van der Waals surface area (Å²) in [5.74, 6) is -1.88. The van der Waals surface area contributed by atoms with Crippen molar-refractivity contribution in [3.05, 3.63) is 35.4 Å². The summed E-state index contributed by atoms with van der Waals surface area (Å²) < 4.78 is 15.2. The van der Waals surface area contributed by atoms with Crippen LogP contribution in [-0.4, -0.2) is 88.7 Å². The number of nitrogens with zero attached hydrogens (tertiary/aromatic N) is 2. The average Bonchev–Trinajstić information content (AvgIpc) is 3.60. The number of carboxylic acid groups (broad SMARTS) is 1. The number of hydrogen-bond acceptors (Lipinski definition) is 5. The lowest BCUT2D eigenvalue weighted by Crippen LogP contribution is -2.66. The molecule has 0 spiro atoms. The van der Waals surface area contributed by atoms with Gasteiger partial charge in [-0.25, -0.2) is 9.18 Å². The van der Waals surface area contributed by atoms with E-state index >= 15 is 4.39 Å². The first-order valence-electron chi connectivity index (χ1n) is 16.7. The highest BCUT2D eigenvalue weighted by Gasteiger charge is 2.47. The molecule has 2 heterocycles. The summed E-state index contributed by atoms with van der Waals surface area (Å²) >= 11 is 0. The van der Waals surface area contributed by atoms with Crippen molar-refractivity contribution in [2.45, 2.75) is 115 Å². The molecule has 1 aromatic rings. The Bertz CT molecular complexity index is 1260. The van der Waals surface area contributed by atoms with E-state index in [0.29, 0.717) is 13.1 Å². The Morgan fingerprint density at radius 2 is 1.69 bits per heavy atom. The molecule has 1 saturated carbocycles. The molecule has 3 fully saturated rings. The third-order valence-electron chi connectivity index (χ3n) is 10.6. The summed E-state index contributed by atoms with van der Waals surface area (Å²) in [4.78, 5) is 57.9. The Kier molecular flexibility index (Phi) is 10.1. The predicted octanol–water partition coefficient (Wildman–Crippen LogP) is 3.80. The van der Waals surface area contributed by atoms with Gasteiger partial charge in [0.15, 0.2) is 0 Å². The van der Waals surface area contributed by atoms with Crippen LogP contribution in [0.3, 0.4) is 0 Å². The van der Waals surface area contributed by atoms with Gasteiger partial charge in [0.05, 0.1) is 12.0 Å². The molecule has 1 aromatic carbocycles. The fraction of sp³-hybridized carbons (Fsp3) is 0.706. The molecule has 7 atom stereocenters. The number of alkyl halides is 1. The molecule has 4 aliphatic rings. The molecule has 2 aliphatic carbocycles. The molecular weight excluding hydrogens is 577 g/mol. The number of benzene rings is 1. The average molecular weight is 628 g/mol. The number of fused-ring (bicyclic) bond motifs is 2. The highest BCUT2D eigenvalue weighted by molar-refractivity contribution is 5.93. The van der Waals surface area contributed by atoms with Crippen LogP contribution in [0.5, 0.6) is 0 Å². The fourth-order valence-electron chi connectivity index (χ4n) is 8.14. The molecule has 45 heavy (non-hydrogen) atoms. The third-order valence-corrected chi connectivity index (χ3v) is 10.6. The second-order valence-electron chi connectivity index (χ2n) is 14.7. The Morgan fingerprint density at radius 3 is 2.38 bits per heavy atom. The summed E-state index contributed by atoms with van der Waals surface area (Å²) in [6, 6.07) is 4.47. The highest BCUT2D eigenvalue weighted by atomic mass is 19.1. The van der Waals surface area contributed by atoms with Gasteiger partial charge < -0.3 is 26.0 Å². The van der Waals surface area contributed by atoms with Crippen LogP contribution >= 0.6 is 0 Å². The number of hydrogen-bond donors (Lipinski definition) is 4. The Hall–Kier alpha value is -3.21. The second kappa shape index (κ2) is 13.6. The van der Waals surface area contributed by atoms with Crippen LogP contribution in [0.25, 0.3) is 0 Å². The zero-order valence-electron chi connectivity index (χ0n) is 27.1. The minimum atomic E-state index is -1.25. The molecule has 0 bridgehead atoms. The Morgan fingerprint density at radius 1 is 0.978 bits per heavy atom. The summed E-state index contributed by atoms with van der Waals surface area (Å²) in [5, 5.41) is 18.0. The van der Waals surface area contributed by atoms with E-state index in [1.54, 1.807) is 11.8 Å². The second-order valence-corrected chi connectivity index (χ2v) is 14.7. The number of nitrogens with one attached hydrogen (secondary N) is 3. The molecule has 0 aromatic heterocycles. The smallest absolute Gasteiger partial charge is 0.404 e. The largest absolute Gasteiger partial charge is 0.465 e. The number of amides is 4. The quantitative estimate of drug-likeness (QED) is 0.347. The zero-order chi connectivity index (χ0) is 32.5. The van der Waals surface area contributed by atoms with E-state index in [0.717, 1.165) is 62.6 Å². The van der Waals surface area contributed by atoms with Crippen LogP contribution in [0.2, 0.25) is 0 Å². The van der Waals surface area contributed by atoms with E-state index in [9.17, 15) is 24.3 Å². The zero-order valence-corrected chi connectivity index (χ0v) is 27.1. The van der Waals surface area contributed by atoms with Crippen LogP contribution in [-0.2, 0) is 20.8 Å². The monoisotopic (exact) mass is 627 g/mol. The highest BCUT2D eigenvalue weighted by Crippen LogP contribution is 2.35. The van der Waals surface area contributed by atoms with Gasteiger partial charge in [0.1, 0.15) is 18.3 Å². The van der Waals surface area contributed by atoms with Gasteiger partial charge in [-0.05, 0) is 54.7 Å². The lowest BCUT2D eigenvalue weighted by Gasteiger charge is -2.45. The van der Waals surface area contributed by atoms with Crippen molar-refractivity contribution in [1.29, 1.82) is 0 Å². The number of carbonyl (C=O) groups is 4. The minimum Gasteiger partial charge on any atom is -0.465 e. The number of rotatable bonds is 8. The summed E-state index contributed by atoms with van der Waals surface area (Å²) in [7, 11) is 0. The Balaban J connectivity index is 1.40. The van der Waals surface area contributed by atoms with Gasteiger partial charge in [-0.15, -0.1) is 0 Å². The van der Waals surface area contributed by atoms with E-state index in [1.807, 2.05) is 45.0 Å². The maximum Gasteiger partial charge on any atom is 0.404 e. The van der Waals surface area contributed by atoms with Crippen LogP contribution in [0.15, 0.2) is 24.3 Å². The van der Waals surface area contributed by atoms with Crippen molar-refractivity contribution in [2.24, 2.45) is 17.3 Å². The van der Waals surface area contributed by atoms with Crippen molar-refractivity contribution in [2.75, 3.05) is 19.6 Å². The fourth-order valence-corrected chi connectivity index (χ4v) is 8.14. The minimum absolute atomic E-state index is 0.0924. The van der Waals surface area contributed by atoms with E-state index in [1.165, 1.54) is 0 Å². The predicted molar refractivity (Wildman–Crippen MR) is 168 cm³/mol. The molecule has 11 heteroatoms. The molecule has 2 saturated heterocycles. The first-order chi connectivity index (χ1) is 21.3. The van der Waals surface area contributed by atoms with E-state index in [4.69, 9.17) is 0 Å². The van der Waals surface area contributed by atoms with Gasteiger partial charge >= 0.3 is 6.09 Å². The van der Waals surface area contributed by atoms with Gasteiger partial charge in [0.2, 0.25) is 17.7 Å². The molecule has 10 nitrogen and oxygen atoms in total. The number of halogens is 1. The third kappa shape index (κ3) is 7.28. The normalized spacial score (nSPS) is 27.5. The van der Waals surface area contributed by atoms with E-state index < -0.39 is 53.7 Å². The summed E-state index contributed by atoms with van der Waals surface area (Å²) in [5.41, 5.74) is 1.11. The Labute approximate surface area is 265 Å². The summed E-state index contributed by atoms with van der Waals surface area (Å²) in [6.45, 7) is 8.88. The van der Waals surface area contributed by atoms with Crippen LogP contribution in [0.1, 0.15) is 89.8 Å². The van der Waals surface area contributed by atoms with Crippen molar-refractivity contribution in [1.82, 2.24) is 25.8 Å². The lowest BCUT2D eigenvalue weighted by atomic mass is 9.78. The number of piperazine rings is 1. The van der Waals surface area contributed by atoms with Crippen LogP contribution in [0.4, 0.5) is 9.18 Å². The molecule has 4 amide bonds. The van der Waals surface area contributed by atoms with Crippen molar-refractivity contribution in [3.8, 4) is 0 Å². The topological polar surface area (TPSA) is 131 Å². The molecule has 4 N–H and O–H groups in total. The molecular formula is C34H50FN5O5. The summed E-state index contributed by atoms with van der Waals surface area (Å²) in [6.07, 6.45) is 4.21. The van der Waals surface area contributed by atoms with Crippen molar-refractivity contribution < 1.29 is 28.7 Å². The van der Waals surface area contributed by atoms with Gasteiger partial charge in [0, 0.05) is 31.6 Å². The maximum atomic E-state index is 15.2. The first kappa shape index (κ1) is 33.2. The molecule has 5 rings (SSSR count).